The topological polar surface area (TPSA) is 12.0 Å². The molecule has 0 aliphatic heterocycles. The average molecular weight is 326 g/mol. The summed E-state index contributed by atoms with van der Waals surface area (Å²) in [7, 11) is 0. The van der Waals surface area contributed by atoms with E-state index in [2.05, 4.69) is 21.2 Å². The minimum absolute atomic E-state index is 0.0625. The highest BCUT2D eigenvalue weighted by Crippen LogP contribution is 2.27. The summed E-state index contributed by atoms with van der Waals surface area (Å²) >= 11 is 3.05. The molecule has 1 unspecified atom stereocenters. The monoisotopic (exact) mass is 325 g/mol. The van der Waals surface area contributed by atoms with Crippen LogP contribution in [0.2, 0.25) is 0 Å². The predicted molar refractivity (Wildman–Crippen MR) is 77.3 cm³/mol. The molecular weight excluding hydrogens is 312 g/mol. The van der Waals surface area contributed by atoms with E-state index in [0.29, 0.717) is 0 Å². The van der Waals surface area contributed by atoms with Crippen LogP contribution in [0.1, 0.15) is 24.1 Å². The van der Waals surface area contributed by atoms with Gasteiger partial charge in [-0.05, 0) is 41.4 Å². The summed E-state index contributed by atoms with van der Waals surface area (Å²) in [5.41, 5.74) is 2.50. The standard InChI is InChI=1S/C15H14BrF2N/c1-9-3-5-11(6-4-9)10(2)19-15-7-12(16)13(17)8-14(15)18/h3-8,10,19H,1-2H3. The Morgan fingerprint density at radius 3 is 2.32 bits per heavy atom. The Balaban J connectivity index is 2.21. The fourth-order valence-electron chi connectivity index (χ4n) is 1.80. The summed E-state index contributed by atoms with van der Waals surface area (Å²) in [5.74, 6) is -1.20. The molecule has 0 aliphatic rings. The summed E-state index contributed by atoms with van der Waals surface area (Å²) in [6.45, 7) is 3.94. The smallest absolute Gasteiger partial charge is 0.149 e. The molecule has 0 aromatic heterocycles. The molecule has 0 heterocycles. The number of rotatable bonds is 3. The Hall–Kier alpha value is -1.42. The highest BCUT2D eigenvalue weighted by Gasteiger charge is 2.11. The van der Waals surface area contributed by atoms with E-state index in [1.54, 1.807) is 0 Å². The molecular formula is C15H14BrF2N. The van der Waals surface area contributed by atoms with Crippen LogP contribution in [0.15, 0.2) is 40.9 Å². The van der Waals surface area contributed by atoms with Crippen LogP contribution in [0.3, 0.4) is 0 Å². The molecule has 2 aromatic carbocycles. The van der Waals surface area contributed by atoms with Crippen molar-refractivity contribution in [2.45, 2.75) is 19.9 Å². The molecule has 0 aliphatic carbocycles. The largest absolute Gasteiger partial charge is 0.376 e. The minimum atomic E-state index is -0.606. The maximum atomic E-state index is 13.6. The predicted octanol–water partition coefficient (Wildman–Crippen LogP) is 5.21. The maximum absolute atomic E-state index is 13.6. The molecule has 19 heavy (non-hydrogen) atoms. The Morgan fingerprint density at radius 2 is 1.68 bits per heavy atom. The zero-order valence-corrected chi connectivity index (χ0v) is 12.3. The first-order chi connectivity index (χ1) is 8.97. The third-order valence-electron chi connectivity index (χ3n) is 2.96. The fraction of sp³-hybridized carbons (Fsp3) is 0.200. The van der Waals surface area contributed by atoms with Crippen LogP contribution >= 0.6 is 15.9 Å². The first-order valence-corrected chi connectivity index (χ1v) is 6.74. The van der Waals surface area contributed by atoms with Crippen molar-refractivity contribution in [3.05, 3.63) is 63.6 Å². The number of anilines is 1. The second kappa shape index (κ2) is 5.70. The molecule has 100 valence electrons. The van der Waals surface area contributed by atoms with Crippen molar-refractivity contribution >= 4 is 21.6 Å². The lowest BCUT2D eigenvalue weighted by atomic mass is 10.1. The van der Waals surface area contributed by atoms with Gasteiger partial charge in [0.25, 0.3) is 0 Å². The Labute approximate surface area is 119 Å². The number of hydrogen-bond acceptors (Lipinski definition) is 1. The van der Waals surface area contributed by atoms with Crippen LogP contribution in [0.4, 0.5) is 14.5 Å². The van der Waals surface area contributed by atoms with E-state index in [1.165, 1.54) is 11.6 Å². The van der Waals surface area contributed by atoms with Crippen LogP contribution < -0.4 is 5.32 Å². The first-order valence-electron chi connectivity index (χ1n) is 5.95. The lowest BCUT2D eigenvalue weighted by Gasteiger charge is -2.17. The van der Waals surface area contributed by atoms with Crippen LogP contribution in [0.5, 0.6) is 0 Å². The van der Waals surface area contributed by atoms with Crippen molar-refractivity contribution in [3.63, 3.8) is 0 Å². The number of halogens is 3. The summed E-state index contributed by atoms with van der Waals surface area (Å²) in [6.07, 6.45) is 0. The van der Waals surface area contributed by atoms with Gasteiger partial charge in [0.05, 0.1) is 10.2 Å². The van der Waals surface area contributed by atoms with Gasteiger partial charge in [0.1, 0.15) is 11.6 Å². The molecule has 0 bridgehead atoms. The Kier molecular flexibility index (Phi) is 4.20. The number of benzene rings is 2. The summed E-state index contributed by atoms with van der Waals surface area (Å²) in [5, 5.41) is 3.04. The lowest BCUT2D eigenvalue weighted by Crippen LogP contribution is -2.08. The molecule has 4 heteroatoms. The fourth-order valence-corrected chi connectivity index (χ4v) is 2.15. The molecule has 0 fully saturated rings. The third kappa shape index (κ3) is 3.32. The Bertz CT molecular complexity index is 581. The van der Waals surface area contributed by atoms with Crippen LogP contribution in [0, 0.1) is 18.6 Å². The lowest BCUT2D eigenvalue weighted by molar-refractivity contribution is 0.579. The minimum Gasteiger partial charge on any atom is -0.376 e. The second-order valence-corrected chi connectivity index (χ2v) is 5.38. The van der Waals surface area contributed by atoms with Gasteiger partial charge in [-0.15, -0.1) is 0 Å². The van der Waals surface area contributed by atoms with Crippen molar-refractivity contribution in [2.24, 2.45) is 0 Å². The van der Waals surface area contributed by atoms with Crippen LogP contribution in [0.25, 0.3) is 0 Å². The number of aryl methyl sites for hydroxylation is 1. The van der Waals surface area contributed by atoms with Gasteiger partial charge in [0.2, 0.25) is 0 Å². The highest BCUT2D eigenvalue weighted by atomic mass is 79.9. The quantitative estimate of drug-likeness (QED) is 0.764. The van der Waals surface area contributed by atoms with Crippen LogP contribution in [-0.4, -0.2) is 0 Å². The molecule has 1 atom stereocenters. The number of nitrogens with one attached hydrogen (secondary N) is 1. The zero-order chi connectivity index (χ0) is 14.0. The molecule has 2 rings (SSSR count). The summed E-state index contributed by atoms with van der Waals surface area (Å²) in [4.78, 5) is 0. The van der Waals surface area contributed by atoms with Crippen molar-refractivity contribution in [3.8, 4) is 0 Å². The van der Waals surface area contributed by atoms with Crippen molar-refractivity contribution in [2.75, 3.05) is 5.32 Å². The van der Waals surface area contributed by atoms with Gasteiger partial charge < -0.3 is 5.32 Å². The van der Waals surface area contributed by atoms with Gasteiger partial charge >= 0.3 is 0 Å². The SMILES string of the molecule is Cc1ccc(C(C)Nc2cc(Br)c(F)cc2F)cc1. The Morgan fingerprint density at radius 1 is 1.05 bits per heavy atom. The third-order valence-corrected chi connectivity index (χ3v) is 3.57. The molecule has 0 saturated carbocycles. The summed E-state index contributed by atoms with van der Waals surface area (Å²) in [6, 6.07) is 10.2. The molecule has 1 nitrogen and oxygen atoms in total. The van der Waals surface area contributed by atoms with Gasteiger partial charge in [-0.3, -0.25) is 0 Å². The highest BCUT2D eigenvalue weighted by molar-refractivity contribution is 9.10. The van der Waals surface area contributed by atoms with E-state index in [9.17, 15) is 8.78 Å². The molecule has 0 amide bonds. The first kappa shape index (κ1) is 14.0. The van der Waals surface area contributed by atoms with Crippen molar-refractivity contribution < 1.29 is 8.78 Å². The van der Waals surface area contributed by atoms with E-state index in [-0.39, 0.29) is 16.2 Å². The number of hydrogen-bond donors (Lipinski definition) is 1. The van der Waals surface area contributed by atoms with E-state index in [1.807, 2.05) is 38.1 Å². The van der Waals surface area contributed by atoms with Crippen molar-refractivity contribution in [1.29, 1.82) is 0 Å². The van der Waals surface area contributed by atoms with Crippen molar-refractivity contribution in [1.82, 2.24) is 0 Å². The molecule has 0 radical (unpaired) electrons. The van der Waals surface area contributed by atoms with Gasteiger partial charge in [0, 0.05) is 12.1 Å². The maximum Gasteiger partial charge on any atom is 0.149 e. The molecule has 0 saturated heterocycles. The molecule has 1 N–H and O–H groups in total. The van der Waals surface area contributed by atoms with E-state index in [4.69, 9.17) is 0 Å². The van der Waals surface area contributed by atoms with Gasteiger partial charge in [0.15, 0.2) is 0 Å². The van der Waals surface area contributed by atoms with E-state index in [0.717, 1.165) is 11.6 Å². The van der Waals surface area contributed by atoms with Gasteiger partial charge in [-0.1, -0.05) is 29.8 Å². The van der Waals surface area contributed by atoms with Gasteiger partial charge in [-0.2, -0.15) is 0 Å². The van der Waals surface area contributed by atoms with E-state index >= 15 is 0 Å². The molecule has 2 aromatic rings. The van der Waals surface area contributed by atoms with E-state index < -0.39 is 11.6 Å². The van der Waals surface area contributed by atoms with Crippen LogP contribution in [-0.2, 0) is 0 Å². The normalized spacial score (nSPS) is 12.3. The molecule has 0 spiro atoms. The summed E-state index contributed by atoms with van der Waals surface area (Å²) < 4.78 is 27.0. The van der Waals surface area contributed by atoms with Gasteiger partial charge in [-0.25, -0.2) is 8.78 Å². The average Bonchev–Trinajstić information content (AvgIpc) is 2.36. The zero-order valence-electron chi connectivity index (χ0n) is 10.7. The second-order valence-electron chi connectivity index (χ2n) is 4.52.